The minimum atomic E-state index is -0.350. The highest BCUT2D eigenvalue weighted by atomic mass is 35.5. The molecule has 24 heavy (non-hydrogen) atoms. The second-order valence-corrected chi connectivity index (χ2v) is 5.79. The summed E-state index contributed by atoms with van der Waals surface area (Å²) in [6, 6.07) is 11.1. The highest BCUT2D eigenvalue weighted by Crippen LogP contribution is 2.22. The van der Waals surface area contributed by atoms with Crippen LogP contribution >= 0.6 is 12.4 Å². The van der Waals surface area contributed by atoms with Gasteiger partial charge in [0.1, 0.15) is 0 Å². The van der Waals surface area contributed by atoms with Crippen molar-refractivity contribution < 1.29 is 4.79 Å². The lowest BCUT2D eigenvalue weighted by Crippen LogP contribution is -2.42. The largest absolute Gasteiger partial charge is 0.337 e. The third kappa shape index (κ3) is 3.49. The van der Waals surface area contributed by atoms with Crippen molar-refractivity contribution in [3.05, 3.63) is 63.6 Å². The van der Waals surface area contributed by atoms with Gasteiger partial charge in [0.25, 0.3) is 5.56 Å². The second kappa shape index (κ2) is 7.59. The maximum atomic E-state index is 12.8. The number of benzene rings is 1. The predicted octanol–water partition coefficient (Wildman–Crippen LogP) is 0.829. The topological polar surface area (TPSA) is 81.2 Å². The van der Waals surface area contributed by atoms with Crippen molar-refractivity contribution in [1.29, 1.82) is 0 Å². The van der Waals surface area contributed by atoms with Crippen molar-refractivity contribution in [2.75, 3.05) is 13.1 Å². The lowest BCUT2D eigenvalue weighted by molar-refractivity contribution is -0.133. The normalized spacial score (nSPS) is 14.5. The summed E-state index contributed by atoms with van der Waals surface area (Å²) >= 11 is 0. The van der Waals surface area contributed by atoms with Gasteiger partial charge in [-0.1, -0.05) is 30.3 Å². The van der Waals surface area contributed by atoms with Gasteiger partial charge in [-0.25, -0.2) is 4.68 Å². The van der Waals surface area contributed by atoms with Gasteiger partial charge in [0.2, 0.25) is 5.91 Å². The molecule has 0 aliphatic carbocycles. The fraction of sp³-hybridized carbons (Fsp3) is 0.353. The SMILES string of the molecule is Cl.Cn1nc2c(cc1=O)CN(C(=O)C(CN)c1ccccc1)CC2. The van der Waals surface area contributed by atoms with E-state index < -0.39 is 0 Å². The fourth-order valence-electron chi connectivity index (χ4n) is 2.97. The number of carbonyl (C=O) groups excluding carboxylic acids is 1. The van der Waals surface area contributed by atoms with Gasteiger partial charge in [0.05, 0.1) is 11.6 Å². The zero-order valence-electron chi connectivity index (χ0n) is 13.5. The van der Waals surface area contributed by atoms with Gasteiger partial charge in [-0.15, -0.1) is 12.4 Å². The Kier molecular flexibility index (Phi) is 5.75. The van der Waals surface area contributed by atoms with Gasteiger partial charge < -0.3 is 10.6 Å². The summed E-state index contributed by atoms with van der Waals surface area (Å²) < 4.78 is 1.34. The van der Waals surface area contributed by atoms with Crippen LogP contribution in [0.5, 0.6) is 0 Å². The molecule has 7 heteroatoms. The maximum Gasteiger partial charge on any atom is 0.266 e. The number of carbonyl (C=O) groups is 1. The van der Waals surface area contributed by atoms with Crippen molar-refractivity contribution in [3.8, 4) is 0 Å². The molecule has 0 bridgehead atoms. The number of nitrogens with zero attached hydrogens (tertiary/aromatic N) is 3. The predicted molar refractivity (Wildman–Crippen MR) is 94.1 cm³/mol. The fourth-order valence-corrected chi connectivity index (χ4v) is 2.97. The zero-order chi connectivity index (χ0) is 16.4. The maximum absolute atomic E-state index is 12.8. The van der Waals surface area contributed by atoms with E-state index in [2.05, 4.69) is 5.10 Å². The molecule has 2 heterocycles. The van der Waals surface area contributed by atoms with Crippen LogP contribution in [0.3, 0.4) is 0 Å². The molecule has 0 saturated heterocycles. The van der Waals surface area contributed by atoms with Crippen LogP contribution in [0.1, 0.15) is 22.7 Å². The van der Waals surface area contributed by atoms with E-state index in [1.807, 2.05) is 30.3 Å². The van der Waals surface area contributed by atoms with Gasteiger partial charge in [0.15, 0.2) is 0 Å². The molecule has 3 rings (SSSR count). The average Bonchev–Trinajstić information content (AvgIpc) is 2.57. The molecule has 1 aromatic carbocycles. The molecular formula is C17H21ClN4O2. The minimum Gasteiger partial charge on any atom is -0.337 e. The molecule has 2 N–H and O–H groups in total. The van der Waals surface area contributed by atoms with Crippen molar-refractivity contribution in [2.24, 2.45) is 12.8 Å². The molecule has 0 spiro atoms. The monoisotopic (exact) mass is 348 g/mol. The van der Waals surface area contributed by atoms with E-state index in [9.17, 15) is 9.59 Å². The Balaban J connectivity index is 0.00000208. The van der Waals surface area contributed by atoms with Crippen LogP contribution in [0.2, 0.25) is 0 Å². The molecule has 1 unspecified atom stereocenters. The van der Waals surface area contributed by atoms with E-state index in [1.54, 1.807) is 18.0 Å². The highest BCUT2D eigenvalue weighted by Gasteiger charge is 2.28. The summed E-state index contributed by atoms with van der Waals surface area (Å²) in [4.78, 5) is 26.4. The van der Waals surface area contributed by atoms with Gasteiger partial charge >= 0.3 is 0 Å². The lowest BCUT2D eigenvalue weighted by atomic mass is 9.96. The summed E-state index contributed by atoms with van der Waals surface area (Å²) in [6.45, 7) is 1.28. The Morgan fingerprint density at radius 2 is 2.04 bits per heavy atom. The van der Waals surface area contributed by atoms with Crippen LogP contribution < -0.4 is 11.3 Å². The Morgan fingerprint density at radius 3 is 2.71 bits per heavy atom. The third-order valence-corrected chi connectivity index (χ3v) is 4.29. The molecule has 0 saturated carbocycles. The van der Waals surface area contributed by atoms with Gasteiger partial charge in [0, 0.05) is 44.7 Å². The van der Waals surface area contributed by atoms with Crippen LogP contribution in [-0.2, 0) is 24.8 Å². The smallest absolute Gasteiger partial charge is 0.266 e. The number of nitrogens with two attached hydrogens (primary N) is 1. The summed E-state index contributed by atoms with van der Waals surface area (Å²) in [7, 11) is 1.64. The Bertz CT molecular complexity index is 776. The van der Waals surface area contributed by atoms with Crippen LogP contribution in [0.15, 0.2) is 41.2 Å². The third-order valence-electron chi connectivity index (χ3n) is 4.29. The summed E-state index contributed by atoms with van der Waals surface area (Å²) in [5.41, 5.74) is 8.32. The number of aryl methyl sites for hydroxylation is 1. The number of aromatic nitrogens is 2. The van der Waals surface area contributed by atoms with E-state index in [4.69, 9.17) is 5.73 Å². The first kappa shape index (κ1) is 18.2. The first-order valence-corrected chi connectivity index (χ1v) is 7.70. The van der Waals surface area contributed by atoms with Crippen LogP contribution in [0, 0.1) is 0 Å². The molecule has 1 aliphatic heterocycles. The standard InChI is InChI=1S/C17H20N4O2.ClH/c1-20-16(22)9-13-11-21(8-7-15(13)19-20)17(23)14(10-18)12-5-3-2-4-6-12;/h2-6,9,14H,7-8,10-11,18H2,1H3;1H. The number of rotatable bonds is 3. The second-order valence-electron chi connectivity index (χ2n) is 5.79. The number of hydrogen-bond acceptors (Lipinski definition) is 4. The Labute approximate surface area is 146 Å². The quantitative estimate of drug-likeness (QED) is 0.890. The summed E-state index contributed by atoms with van der Waals surface area (Å²) in [5, 5.41) is 4.27. The van der Waals surface area contributed by atoms with Crippen LogP contribution in [-0.4, -0.2) is 33.7 Å². The van der Waals surface area contributed by atoms with E-state index in [1.165, 1.54) is 4.68 Å². The van der Waals surface area contributed by atoms with Crippen LogP contribution in [0.25, 0.3) is 0 Å². The number of halogens is 1. The minimum absolute atomic E-state index is 0. The average molecular weight is 349 g/mol. The van der Waals surface area contributed by atoms with E-state index in [0.29, 0.717) is 19.5 Å². The van der Waals surface area contributed by atoms with Crippen molar-refractivity contribution in [2.45, 2.75) is 18.9 Å². The molecular weight excluding hydrogens is 328 g/mol. The highest BCUT2D eigenvalue weighted by molar-refractivity contribution is 5.85. The Morgan fingerprint density at radius 1 is 1.33 bits per heavy atom. The molecule has 1 aromatic heterocycles. The molecule has 2 aromatic rings. The number of amides is 1. The molecule has 0 fully saturated rings. The summed E-state index contributed by atoms with van der Waals surface area (Å²) in [5.74, 6) is -0.345. The van der Waals surface area contributed by atoms with Crippen molar-refractivity contribution in [3.63, 3.8) is 0 Å². The Hall–Kier alpha value is -2.18. The molecule has 1 aliphatic rings. The molecule has 0 radical (unpaired) electrons. The van der Waals surface area contributed by atoms with Crippen molar-refractivity contribution >= 4 is 18.3 Å². The molecule has 6 nitrogen and oxygen atoms in total. The first-order chi connectivity index (χ1) is 11.1. The molecule has 128 valence electrons. The van der Waals surface area contributed by atoms with E-state index in [0.717, 1.165) is 16.8 Å². The number of hydrogen-bond donors (Lipinski definition) is 1. The number of fused-ring (bicyclic) bond motifs is 1. The van der Waals surface area contributed by atoms with Crippen molar-refractivity contribution in [1.82, 2.24) is 14.7 Å². The van der Waals surface area contributed by atoms with Gasteiger partial charge in [-0.2, -0.15) is 5.10 Å². The summed E-state index contributed by atoms with van der Waals surface area (Å²) in [6.07, 6.45) is 0.654. The van der Waals surface area contributed by atoms with E-state index in [-0.39, 0.29) is 36.3 Å². The van der Waals surface area contributed by atoms with E-state index >= 15 is 0 Å². The molecule has 1 amide bonds. The van der Waals surface area contributed by atoms with Gasteiger partial charge in [-0.3, -0.25) is 9.59 Å². The first-order valence-electron chi connectivity index (χ1n) is 7.70. The molecule has 1 atom stereocenters. The van der Waals surface area contributed by atoms with Gasteiger partial charge in [-0.05, 0) is 5.56 Å². The lowest BCUT2D eigenvalue weighted by Gasteiger charge is -2.31. The van der Waals surface area contributed by atoms with Crippen LogP contribution in [0.4, 0.5) is 0 Å². The zero-order valence-corrected chi connectivity index (χ0v) is 14.3.